The van der Waals surface area contributed by atoms with Crippen molar-refractivity contribution in [3.05, 3.63) is 65.5 Å². The molecule has 0 spiro atoms. The third kappa shape index (κ3) is 5.56. The summed E-state index contributed by atoms with van der Waals surface area (Å²) in [6.45, 7) is 6.69. The zero-order valence-electron chi connectivity index (χ0n) is 19.8. The van der Waals surface area contributed by atoms with E-state index in [1.165, 1.54) is 38.1 Å². The minimum absolute atomic E-state index is 0.197. The summed E-state index contributed by atoms with van der Waals surface area (Å²) >= 11 is 0. The van der Waals surface area contributed by atoms with Gasteiger partial charge in [-0.1, -0.05) is 23.4 Å². The predicted molar refractivity (Wildman–Crippen MR) is 128 cm³/mol. The molecule has 1 aromatic carbocycles. The molecule has 0 atom stereocenters. The molecule has 3 aromatic heterocycles. The van der Waals surface area contributed by atoms with Crippen molar-refractivity contribution in [2.24, 2.45) is 0 Å². The van der Waals surface area contributed by atoms with Gasteiger partial charge in [-0.25, -0.2) is 4.98 Å². The molecule has 1 N–H and O–H groups in total. The molecule has 1 saturated heterocycles. The van der Waals surface area contributed by atoms with Crippen LogP contribution in [0.3, 0.4) is 0 Å². The lowest BCUT2D eigenvalue weighted by Gasteiger charge is -2.15. The van der Waals surface area contributed by atoms with Gasteiger partial charge >= 0.3 is 6.18 Å². The Morgan fingerprint density at radius 1 is 1.06 bits per heavy atom. The van der Waals surface area contributed by atoms with E-state index in [4.69, 9.17) is 4.52 Å². The first-order valence-electron chi connectivity index (χ1n) is 11.8. The number of hydrogen-bond acceptors (Lipinski definition) is 7. The van der Waals surface area contributed by atoms with E-state index in [0.29, 0.717) is 17.8 Å². The van der Waals surface area contributed by atoms with Crippen molar-refractivity contribution >= 4 is 5.82 Å². The molecule has 11 heteroatoms. The molecule has 1 fully saturated rings. The molecule has 0 amide bonds. The highest BCUT2D eigenvalue weighted by molar-refractivity contribution is 5.58. The van der Waals surface area contributed by atoms with Crippen molar-refractivity contribution in [3.8, 4) is 23.0 Å². The fourth-order valence-electron chi connectivity index (χ4n) is 4.17. The second kappa shape index (κ2) is 10.1. The predicted octanol–water partition coefficient (Wildman–Crippen LogP) is 4.88. The van der Waals surface area contributed by atoms with E-state index in [1.54, 1.807) is 0 Å². The number of benzene rings is 1. The van der Waals surface area contributed by atoms with E-state index < -0.39 is 11.7 Å². The van der Waals surface area contributed by atoms with E-state index >= 15 is 0 Å². The van der Waals surface area contributed by atoms with Crippen LogP contribution in [0.2, 0.25) is 0 Å². The summed E-state index contributed by atoms with van der Waals surface area (Å²) in [4.78, 5) is 11.3. The normalized spacial score (nSPS) is 14.4. The zero-order valence-corrected chi connectivity index (χ0v) is 19.8. The van der Waals surface area contributed by atoms with E-state index in [1.807, 2.05) is 36.0 Å². The van der Waals surface area contributed by atoms with Crippen LogP contribution in [0.15, 0.2) is 53.2 Å². The number of alkyl halides is 3. The number of hydrogen-bond donors (Lipinski definition) is 1. The molecule has 0 bridgehead atoms. The number of anilines is 1. The van der Waals surface area contributed by atoms with Gasteiger partial charge in [0, 0.05) is 30.5 Å². The third-order valence-corrected chi connectivity index (χ3v) is 6.19. The number of halogens is 3. The molecule has 4 aromatic rings. The first-order valence-corrected chi connectivity index (χ1v) is 11.8. The van der Waals surface area contributed by atoms with Gasteiger partial charge in [-0.15, -0.1) is 0 Å². The number of nitrogens with zero attached hydrogens (tertiary/aromatic N) is 6. The van der Waals surface area contributed by atoms with Crippen molar-refractivity contribution < 1.29 is 17.7 Å². The quantitative estimate of drug-likeness (QED) is 0.371. The van der Waals surface area contributed by atoms with E-state index in [-0.39, 0.29) is 11.7 Å². The number of rotatable bonds is 8. The molecule has 0 aliphatic carbocycles. The second-order valence-electron chi connectivity index (χ2n) is 8.85. The van der Waals surface area contributed by atoms with Crippen LogP contribution < -0.4 is 5.32 Å². The van der Waals surface area contributed by atoms with E-state index in [2.05, 4.69) is 30.4 Å². The van der Waals surface area contributed by atoms with Crippen molar-refractivity contribution in [3.63, 3.8) is 0 Å². The molecule has 1 aliphatic rings. The van der Waals surface area contributed by atoms with Crippen LogP contribution >= 0.6 is 0 Å². The van der Waals surface area contributed by atoms with Gasteiger partial charge < -0.3 is 14.7 Å². The van der Waals surface area contributed by atoms with Crippen LogP contribution in [0.25, 0.3) is 23.0 Å². The van der Waals surface area contributed by atoms with Gasteiger partial charge in [0.2, 0.25) is 5.82 Å². The van der Waals surface area contributed by atoms with Crippen molar-refractivity contribution in [2.75, 3.05) is 31.5 Å². The molecule has 8 nitrogen and oxygen atoms in total. The van der Waals surface area contributed by atoms with Gasteiger partial charge in [0.05, 0.1) is 12.1 Å². The van der Waals surface area contributed by atoms with Crippen LogP contribution in [0.1, 0.15) is 29.7 Å². The van der Waals surface area contributed by atoms with E-state index in [0.717, 1.165) is 42.3 Å². The fourth-order valence-corrected chi connectivity index (χ4v) is 4.17. The lowest BCUT2D eigenvalue weighted by atomic mass is 10.1. The van der Waals surface area contributed by atoms with Crippen LogP contribution in [0.5, 0.6) is 0 Å². The summed E-state index contributed by atoms with van der Waals surface area (Å²) in [6.07, 6.45) is 0.00199. The molecular weight excluding hydrogens is 471 g/mol. The highest BCUT2D eigenvalue weighted by atomic mass is 19.4. The molecule has 4 heterocycles. The molecular formula is C25H26F3N7O. The van der Waals surface area contributed by atoms with Crippen molar-refractivity contribution in [1.29, 1.82) is 0 Å². The number of pyridine rings is 1. The summed E-state index contributed by atoms with van der Waals surface area (Å²) in [7, 11) is 0. The lowest BCUT2D eigenvalue weighted by Crippen LogP contribution is -2.26. The summed E-state index contributed by atoms with van der Waals surface area (Å²) in [6, 6.07) is 10.4. The van der Waals surface area contributed by atoms with Crippen LogP contribution in [-0.4, -0.2) is 56.0 Å². The van der Waals surface area contributed by atoms with Gasteiger partial charge in [-0.05, 0) is 62.7 Å². The largest absolute Gasteiger partial charge is 0.416 e. The van der Waals surface area contributed by atoms with Gasteiger partial charge in [0.15, 0.2) is 5.69 Å². The molecule has 36 heavy (non-hydrogen) atoms. The zero-order chi connectivity index (χ0) is 25.1. The number of aromatic nitrogens is 5. The Morgan fingerprint density at radius 2 is 1.83 bits per heavy atom. The maximum atomic E-state index is 12.8. The fraction of sp³-hybridized carbons (Fsp3) is 0.360. The van der Waals surface area contributed by atoms with Gasteiger partial charge in [-0.3, -0.25) is 4.68 Å². The standard InChI is InChI=1S/C25H26F3N7O/c1-17-14-21(24-31-23(33-36-24)19-5-7-20(8-6-19)25(26,27)28)32-35(17)16-18-4-9-22(30-15-18)29-10-13-34-11-2-3-12-34/h4-9,14-15H,2-3,10-13,16H2,1H3,(H,29,30). The van der Waals surface area contributed by atoms with Crippen LogP contribution in [0.4, 0.5) is 19.0 Å². The summed E-state index contributed by atoms with van der Waals surface area (Å²) in [5, 5.41) is 11.8. The molecule has 0 radical (unpaired) electrons. The highest BCUT2D eigenvalue weighted by Gasteiger charge is 2.30. The average Bonchev–Trinajstić information content (AvgIpc) is 3.62. The smallest absolute Gasteiger partial charge is 0.369 e. The summed E-state index contributed by atoms with van der Waals surface area (Å²) < 4.78 is 45.5. The number of likely N-dealkylation sites (tertiary alicyclic amines) is 1. The SMILES string of the molecule is Cc1cc(-c2nc(-c3ccc(C(F)(F)F)cc3)no2)nn1Cc1ccc(NCCN2CCCC2)nc1. The first kappa shape index (κ1) is 24.0. The molecule has 0 saturated carbocycles. The minimum atomic E-state index is -4.40. The molecule has 5 rings (SSSR count). The van der Waals surface area contributed by atoms with Crippen LogP contribution in [-0.2, 0) is 12.7 Å². The molecule has 0 unspecified atom stereocenters. The molecule has 188 valence electrons. The Kier molecular flexibility index (Phi) is 6.73. The Bertz CT molecular complexity index is 1290. The first-order chi connectivity index (χ1) is 17.3. The highest BCUT2D eigenvalue weighted by Crippen LogP contribution is 2.31. The number of nitrogens with one attached hydrogen (secondary N) is 1. The Hall–Kier alpha value is -3.73. The van der Waals surface area contributed by atoms with Crippen molar-refractivity contribution in [2.45, 2.75) is 32.5 Å². The van der Waals surface area contributed by atoms with Gasteiger partial charge in [0.1, 0.15) is 5.82 Å². The van der Waals surface area contributed by atoms with E-state index in [9.17, 15) is 13.2 Å². The number of aryl methyl sites for hydroxylation is 1. The topological polar surface area (TPSA) is 84.9 Å². The van der Waals surface area contributed by atoms with Crippen LogP contribution in [0, 0.1) is 6.92 Å². The molecule has 1 aliphatic heterocycles. The monoisotopic (exact) mass is 497 g/mol. The maximum absolute atomic E-state index is 12.8. The second-order valence-corrected chi connectivity index (χ2v) is 8.85. The lowest BCUT2D eigenvalue weighted by molar-refractivity contribution is -0.137. The minimum Gasteiger partial charge on any atom is -0.369 e. The maximum Gasteiger partial charge on any atom is 0.416 e. The Morgan fingerprint density at radius 3 is 2.53 bits per heavy atom. The van der Waals surface area contributed by atoms with Gasteiger partial charge in [-0.2, -0.15) is 23.3 Å². The third-order valence-electron chi connectivity index (χ3n) is 6.19. The Balaban J connectivity index is 1.21. The summed E-state index contributed by atoms with van der Waals surface area (Å²) in [5.41, 5.74) is 2.08. The average molecular weight is 498 g/mol. The van der Waals surface area contributed by atoms with Crippen molar-refractivity contribution in [1.82, 2.24) is 29.8 Å². The van der Waals surface area contributed by atoms with Gasteiger partial charge in [0.25, 0.3) is 5.89 Å². The summed E-state index contributed by atoms with van der Waals surface area (Å²) in [5.74, 6) is 1.24. The Labute approximate surface area is 206 Å².